The highest BCUT2D eigenvalue weighted by molar-refractivity contribution is 7.92. The first kappa shape index (κ1) is 18.2. The number of carbonyl (C=O) groups is 1. The highest BCUT2D eigenvalue weighted by Gasteiger charge is 2.24. The summed E-state index contributed by atoms with van der Waals surface area (Å²) in [5.74, 6) is -2.67. The lowest BCUT2D eigenvalue weighted by Gasteiger charge is -2.22. The lowest BCUT2D eigenvalue weighted by atomic mass is 10.3. The van der Waals surface area contributed by atoms with Crippen molar-refractivity contribution in [3.63, 3.8) is 0 Å². The predicted octanol–water partition coefficient (Wildman–Crippen LogP) is 3.02. The van der Waals surface area contributed by atoms with Crippen molar-refractivity contribution in [2.75, 3.05) is 22.4 Å². The first-order valence-corrected chi connectivity index (χ1v) is 8.88. The first-order valence-electron chi connectivity index (χ1n) is 6.65. The van der Waals surface area contributed by atoms with Gasteiger partial charge in [0, 0.05) is 6.07 Å². The third-order valence-corrected chi connectivity index (χ3v) is 4.47. The van der Waals surface area contributed by atoms with Gasteiger partial charge in [-0.05, 0) is 24.3 Å². The zero-order valence-electron chi connectivity index (χ0n) is 12.5. The first-order chi connectivity index (χ1) is 11.2. The van der Waals surface area contributed by atoms with E-state index in [-0.39, 0.29) is 10.7 Å². The quantitative estimate of drug-likeness (QED) is 0.874. The van der Waals surface area contributed by atoms with Crippen molar-refractivity contribution in [1.29, 1.82) is 0 Å². The van der Waals surface area contributed by atoms with Crippen LogP contribution < -0.4 is 9.62 Å². The number of hydrogen-bond acceptors (Lipinski definition) is 3. The van der Waals surface area contributed by atoms with E-state index in [1.165, 1.54) is 6.07 Å². The van der Waals surface area contributed by atoms with Gasteiger partial charge in [0.25, 0.3) is 0 Å². The number of rotatable bonds is 5. The molecule has 0 radical (unpaired) electrons. The van der Waals surface area contributed by atoms with Gasteiger partial charge in [0.05, 0.1) is 22.7 Å². The van der Waals surface area contributed by atoms with Crippen LogP contribution in [0.25, 0.3) is 0 Å². The highest BCUT2D eigenvalue weighted by Crippen LogP contribution is 2.24. The van der Waals surface area contributed by atoms with Crippen LogP contribution in [0.1, 0.15) is 0 Å². The molecule has 0 aliphatic carbocycles. The molecule has 24 heavy (non-hydrogen) atoms. The zero-order chi connectivity index (χ0) is 17.9. The van der Waals surface area contributed by atoms with Crippen LogP contribution in [0.4, 0.5) is 20.2 Å². The number of anilines is 2. The Hall–Kier alpha value is -2.19. The van der Waals surface area contributed by atoms with Crippen LogP contribution in [0, 0.1) is 11.6 Å². The molecule has 5 nitrogen and oxygen atoms in total. The normalized spacial score (nSPS) is 11.2. The van der Waals surface area contributed by atoms with Crippen molar-refractivity contribution in [2.45, 2.75) is 0 Å². The van der Waals surface area contributed by atoms with Crippen molar-refractivity contribution in [3.05, 3.63) is 59.1 Å². The second kappa shape index (κ2) is 7.14. The second-order valence-electron chi connectivity index (χ2n) is 4.89. The zero-order valence-corrected chi connectivity index (χ0v) is 14.0. The fourth-order valence-electron chi connectivity index (χ4n) is 1.95. The molecule has 1 N–H and O–H groups in total. The number of para-hydroxylation sites is 1. The largest absolute Gasteiger partial charge is 0.323 e. The molecule has 1 amide bonds. The molecule has 0 unspecified atom stereocenters. The van der Waals surface area contributed by atoms with Gasteiger partial charge in [-0.15, -0.1) is 0 Å². The minimum absolute atomic E-state index is 0.268. The predicted molar refractivity (Wildman–Crippen MR) is 88.6 cm³/mol. The van der Waals surface area contributed by atoms with E-state index in [2.05, 4.69) is 5.32 Å². The monoisotopic (exact) mass is 374 g/mol. The maximum atomic E-state index is 13.9. The molecule has 0 aliphatic heterocycles. The lowest BCUT2D eigenvalue weighted by Crippen LogP contribution is -2.38. The Morgan fingerprint density at radius 2 is 1.88 bits per heavy atom. The number of nitrogens with zero attached hydrogens (tertiary/aromatic N) is 1. The summed E-state index contributed by atoms with van der Waals surface area (Å²) < 4.78 is 51.2. The number of amides is 1. The Labute approximate surface area is 142 Å². The molecule has 0 saturated carbocycles. The van der Waals surface area contributed by atoms with Crippen LogP contribution >= 0.6 is 11.6 Å². The summed E-state index contributed by atoms with van der Waals surface area (Å²) in [4.78, 5) is 12.1. The number of carbonyl (C=O) groups excluding carboxylic acids is 1. The maximum Gasteiger partial charge on any atom is 0.245 e. The second-order valence-corrected chi connectivity index (χ2v) is 7.21. The summed E-state index contributed by atoms with van der Waals surface area (Å²) in [6, 6.07) is 8.77. The molecule has 0 saturated heterocycles. The maximum absolute atomic E-state index is 13.9. The molecule has 2 rings (SSSR count). The number of nitrogens with one attached hydrogen (secondary N) is 1. The average Bonchev–Trinajstić information content (AvgIpc) is 2.47. The van der Waals surface area contributed by atoms with Gasteiger partial charge in [-0.2, -0.15) is 0 Å². The smallest absolute Gasteiger partial charge is 0.245 e. The fraction of sp³-hybridized carbons (Fsp3) is 0.133. The van der Waals surface area contributed by atoms with Gasteiger partial charge in [-0.25, -0.2) is 17.2 Å². The summed E-state index contributed by atoms with van der Waals surface area (Å²) in [7, 11) is -3.97. The molecule has 0 heterocycles. The Kier molecular flexibility index (Phi) is 5.40. The van der Waals surface area contributed by atoms with Crippen LogP contribution in [0.5, 0.6) is 0 Å². The van der Waals surface area contributed by atoms with Crippen LogP contribution in [-0.2, 0) is 14.8 Å². The number of sulfonamides is 1. The SMILES string of the molecule is CS(=O)(=O)N(CC(=O)Nc1ccccc1Cl)c1ccc(F)cc1F. The van der Waals surface area contributed by atoms with E-state index >= 15 is 0 Å². The minimum Gasteiger partial charge on any atom is -0.323 e. The van der Waals surface area contributed by atoms with Crippen LogP contribution in [0.3, 0.4) is 0 Å². The molecule has 0 spiro atoms. The molecule has 9 heteroatoms. The van der Waals surface area contributed by atoms with Gasteiger partial charge < -0.3 is 5.32 Å². The van der Waals surface area contributed by atoms with Gasteiger partial charge in [-0.1, -0.05) is 23.7 Å². The minimum atomic E-state index is -3.97. The number of halogens is 3. The molecule has 0 aliphatic rings. The van der Waals surface area contributed by atoms with Crippen LogP contribution in [-0.4, -0.2) is 27.1 Å². The standard InChI is InChI=1S/C15H13ClF2N2O3S/c1-24(22,23)20(14-7-6-10(17)8-12(14)18)9-15(21)19-13-5-3-2-4-11(13)16/h2-8H,9H2,1H3,(H,19,21). The van der Waals surface area contributed by atoms with Crippen molar-refractivity contribution >= 4 is 38.9 Å². The van der Waals surface area contributed by atoms with E-state index in [9.17, 15) is 22.0 Å². The Balaban J connectivity index is 2.27. The third-order valence-electron chi connectivity index (χ3n) is 3.01. The summed E-state index contributed by atoms with van der Waals surface area (Å²) in [6.45, 7) is -0.688. The fourth-order valence-corrected chi connectivity index (χ4v) is 2.99. The van der Waals surface area contributed by atoms with Crippen molar-refractivity contribution < 1.29 is 22.0 Å². The van der Waals surface area contributed by atoms with Gasteiger partial charge in [0.15, 0.2) is 0 Å². The Morgan fingerprint density at radius 3 is 2.46 bits per heavy atom. The molecule has 0 bridgehead atoms. The Bertz CT molecular complexity index is 875. The summed E-state index contributed by atoms with van der Waals surface area (Å²) in [5, 5.41) is 2.71. The van der Waals surface area contributed by atoms with Crippen molar-refractivity contribution in [3.8, 4) is 0 Å². The topological polar surface area (TPSA) is 66.5 Å². The lowest BCUT2D eigenvalue weighted by molar-refractivity contribution is -0.114. The van der Waals surface area contributed by atoms with E-state index in [0.29, 0.717) is 10.4 Å². The average molecular weight is 375 g/mol. The molecular weight excluding hydrogens is 362 g/mol. The van der Waals surface area contributed by atoms with Gasteiger partial charge in [0.2, 0.25) is 15.9 Å². The third kappa shape index (κ3) is 4.42. The van der Waals surface area contributed by atoms with E-state index in [0.717, 1.165) is 18.4 Å². The van der Waals surface area contributed by atoms with E-state index in [1.807, 2.05) is 0 Å². The van der Waals surface area contributed by atoms with E-state index in [1.54, 1.807) is 18.2 Å². The molecule has 128 valence electrons. The summed E-state index contributed by atoms with van der Waals surface area (Å²) in [5.41, 5.74) is -0.134. The van der Waals surface area contributed by atoms with Crippen molar-refractivity contribution in [1.82, 2.24) is 0 Å². The van der Waals surface area contributed by atoms with Crippen LogP contribution in [0.2, 0.25) is 5.02 Å². The molecule has 0 fully saturated rings. The van der Waals surface area contributed by atoms with Gasteiger partial charge in [0.1, 0.15) is 18.2 Å². The van der Waals surface area contributed by atoms with Gasteiger partial charge in [-0.3, -0.25) is 9.10 Å². The van der Waals surface area contributed by atoms with E-state index < -0.39 is 39.8 Å². The molecular formula is C15H13ClF2N2O3S. The highest BCUT2D eigenvalue weighted by atomic mass is 35.5. The van der Waals surface area contributed by atoms with Gasteiger partial charge >= 0.3 is 0 Å². The van der Waals surface area contributed by atoms with Crippen LogP contribution in [0.15, 0.2) is 42.5 Å². The molecule has 0 aromatic heterocycles. The van der Waals surface area contributed by atoms with Crippen molar-refractivity contribution in [2.24, 2.45) is 0 Å². The molecule has 2 aromatic carbocycles. The number of hydrogen-bond donors (Lipinski definition) is 1. The Morgan fingerprint density at radius 1 is 1.21 bits per heavy atom. The summed E-state index contributed by atoms with van der Waals surface area (Å²) in [6.07, 6.45) is 0.818. The molecule has 0 atom stereocenters. The number of benzene rings is 2. The molecule has 2 aromatic rings. The van der Waals surface area contributed by atoms with E-state index in [4.69, 9.17) is 11.6 Å². The summed E-state index contributed by atoms with van der Waals surface area (Å²) >= 11 is 5.91.